The first kappa shape index (κ1) is 20.5. The Hall–Kier alpha value is -3.45. The Morgan fingerprint density at radius 1 is 1.03 bits per heavy atom. The number of hydrazone groups is 1. The Morgan fingerprint density at radius 3 is 2.56 bits per heavy atom. The van der Waals surface area contributed by atoms with Gasteiger partial charge in [-0.3, -0.25) is 14.5 Å². The molecule has 162 valence electrons. The van der Waals surface area contributed by atoms with Crippen LogP contribution in [-0.4, -0.2) is 23.7 Å². The molecule has 0 atom stereocenters. The maximum absolute atomic E-state index is 13.6. The molecule has 1 aliphatic carbocycles. The summed E-state index contributed by atoms with van der Waals surface area (Å²) < 4.78 is 0. The lowest BCUT2D eigenvalue weighted by atomic mass is 9.84. The highest BCUT2D eigenvalue weighted by atomic mass is 32.1. The van der Waals surface area contributed by atoms with Gasteiger partial charge in [-0.05, 0) is 73.5 Å². The van der Waals surface area contributed by atoms with Crippen LogP contribution in [0, 0.1) is 0 Å². The molecule has 1 saturated carbocycles. The zero-order valence-electron chi connectivity index (χ0n) is 17.6. The number of anilines is 2. The number of fused-ring (bicyclic) bond motifs is 1. The van der Waals surface area contributed by atoms with Gasteiger partial charge in [0, 0.05) is 21.8 Å². The van der Waals surface area contributed by atoms with Gasteiger partial charge in [0.15, 0.2) is 0 Å². The lowest BCUT2D eigenvalue weighted by Crippen LogP contribution is -2.61. The standard InChI is InChI=1S/C25H24N4O2S/c30-23(28-26-17-20-7-6-16-32-20)18-10-12-19(13-11-18)29-24(31)21-8-2-3-9-22(21)27-25(29)14-4-1-5-15-25/h2-3,6-13,16-17,27H,1,4-5,14-15H2,(H,28,30)/b26-17+. The third kappa shape index (κ3) is 3.80. The molecular weight excluding hydrogens is 420 g/mol. The molecule has 1 fully saturated rings. The predicted octanol–water partition coefficient (Wildman–Crippen LogP) is 5.24. The van der Waals surface area contributed by atoms with E-state index in [9.17, 15) is 9.59 Å². The molecule has 2 amide bonds. The largest absolute Gasteiger partial charge is 0.362 e. The molecule has 2 N–H and O–H groups in total. The van der Waals surface area contributed by atoms with Crippen molar-refractivity contribution in [2.45, 2.75) is 37.8 Å². The molecule has 1 spiro atoms. The van der Waals surface area contributed by atoms with Gasteiger partial charge in [-0.15, -0.1) is 11.3 Å². The summed E-state index contributed by atoms with van der Waals surface area (Å²) in [6.07, 6.45) is 6.74. The molecule has 2 heterocycles. The average molecular weight is 445 g/mol. The molecule has 6 nitrogen and oxygen atoms in total. The van der Waals surface area contributed by atoms with Crippen LogP contribution in [0.1, 0.15) is 57.7 Å². The topological polar surface area (TPSA) is 73.8 Å². The van der Waals surface area contributed by atoms with Gasteiger partial charge in [0.1, 0.15) is 5.66 Å². The highest BCUT2D eigenvalue weighted by Crippen LogP contribution is 2.42. The van der Waals surface area contributed by atoms with Gasteiger partial charge in [0.25, 0.3) is 11.8 Å². The second-order valence-corrected chi connectivity index (χ2v) is 9.14. The van der Waals surface area contributed by atoms with E-state index in [1.165, 1.54) is 6.42 Å². The number of para-hydroxylation sites is 1. The Bertz CT molecular complexity index is 1150. The Morgan fingerprint density at radius 2 is 1.81 bits per heavy atom. The highest BCUT2D eigenvalue weighted by molar-refractivity contribution is 7.11. The van der Waals surface area contributed by atoms with E-state index < -0.39 is 5.66 Å². The number of carbonyl (C=O) groups is 2. The monoisotopic (exact) mass is 444 g/mol. The SMILES string of the molecule is O=C(N/N=C/c1cccs1)c1ccc(N2C(=O)c3ccccc3NC23CCCCC3)cc1. The molecule has 1 aliphatic heterocycles. The molecule has 7 heteroatoms. The maximum atomic E-state index is 13.6. The fourth-order valence-corrected chi connectivity index (χ4v) is 5.18. The minimum Gasteiger partial charge on any atom is -0.362 e. The van der Waals surface area contributed by atoms with Gasteiger partial charge in [-0.25, -0.2) is 5.43 Å². The van der Waals surface area contributed by atoms with E-state index in [-0.39, 0.29) is 11.8 Å². The quantitative estimate of drug-likeness (QED) is 0.427. The van der Waals surface area contributed by atoms with Crippen molar-refractivity contribution in [1.82, 2.24) is 5.43 Å². The number of amides is 2. The number of nitrogens with zero attached hydrogens (tertiary/aromatic N) is 2. The molecule has 0 saturated heterocycles. The summed E-state index contributed by atoms with van der Waals surface area (Å²) in [6.45, 7) is 0. The first-order chi connectivity index (χ1) is 15.7. The number of carbonyl (C=O) groups excluding carboxylic acids is 2. The van der Waals surface area contributed by atoms with Crippen molar-refractivity contribution in [2.24, 2.45) is 5.10 Å². The lowest BCUT2D eigenvalue weighted by Gasteiger charge is -2.50. The average Bonchev–Trinajstić information content (AvgIpc) is 3.34. The minimum atomic E-state index is -0.432. The van der Waals surface area contributed by atoms with Crippen molar-refractivity contribution in [2.75, 3.05) is 10.2 Å². The van der Waals surface area contributed by atoms with E-state index in [1.807, 2.05) is 58.8 Å². The molecule has 0 radical (unpaired) electrons. The maximum Gasteiger partial charge on any atom is 0.271 e. The number of thiophene rings is 1. The van der Waals surface area contributed by atoms with Crippen LogP contribution in [0.15, 0.2) is 71.1 Å². The lowest BCUT2D eigenvalue weighted by molar-refractivity contribution is 0.0936. The molecule has 3 aromatic rings. The minimum absolute atomic E-state index is 0.000927. The smallest absolute Gasteiger partial charge is 0.271 e. The third-order valence-corrected chi connectivity index (χ3v) is 6.93. The zero-order chi connectivity index (χ0) is 22.0. The van der Waals surface area contributed by atoms with Crippen LogP contribution in [0.3, 0.4) is 0 Å². The normalized spacial score (nSPS) is 17.2. The summed E-state index contributed by atoms with van der Waals surface area (Å²) >= 11 is 1.55. The van der Waals surface area contributed by atoms with Crippen LogP contribution in [0.4, 0.5) is 11.4 Å². The van der Waals surface area contributed by atoms with E-state index in [0.717, 1.165) is 41.9 Å². The second kappa shape index (κ2) is 8.59. The first-order valence-corrected chi connectivity index (χ1v) is 11.7. The summed E-state index contributed by atoms with van der Waals surface area (Å²) in [5.74, 6) is -0.288. The molecule has 0 bridgehead atoms. The molecule has 2 aliphatic rings. The van der Waals surface area contributed by atoms with E-state index in [0.29, 0.717) is 11.1 Å². The van der Waals surface area contributed by atoms with Crippen LogP contribution in [0.2, 0.25) is 0 Å². The fourth-order valence-electron chi connectivity index (χ4n) is 4.60. The number of rotatable bonds is 4. The van der Waals surface area contributed by atoms with Crippen molar-refractivity contribution in [1.29, 1.82) is 0 Å². The van der Waals surface area contributed by atoms with Gasteiger partial charge in [0.2, 0.25) is 0 Å². The van der Waals surface area contributed by atoms with Crippen molar-refractivity contribution >= 4 is 40.7 Å². The number of hydrogen-bond acceptors (Lipinski definition) is 5. The van der Waals surface area contributed by atoms with Gasteiger partial charge in [-0.1, -0.05) is 24.6 Å². The van der Waals surface area contributed by atoms with Crippen molar-refractivity contribution in [3.8, 4) is 0 Å². The molecule has 2 aromatic carbocycles. The van der Waals surface area contributed by atoms with Crippen LogP contribution in [0.5, 0.6) is 0 Å². The van der Waals surface area contributed by atoms with E-state index in [4.69, 9.17) is 0 Å². The second-order valence-electron chi connectivity index (χ2n) is 8.16. The molecular formula is C25H24N4O2S. The van der Waals surface area contributed by atoms with E-state index >= 15 is 0 Å². The number of hydrogen-bond donors (Lipinski definition) is 2. The summed E-state index contributed by atoms with van der Waals surface area (Å²) in [7, 11) is 0. The third-order valence-electron chi connectivity index (χ3n) is 6.13. The van der Waals surface area contributed by atoms with Crippen LogP contribution < -0.4 is 15.6 Å². The van der Waals surface area contributed by atoms with Gasteiger partial charge < -0.3 is 5.32 Å². The van der Waals surface area contributed by atoms with E-state index in [1.54, 1.807) is 29.7 Å². The predicted molar refractivity (Wildman–Crippen MR) is 129 cm³/mol. The number of benzene rings is 2. The molecule has 0 unspecified atom stereocenters. The molecule has 1 aromatic heterocycles. The van der Waals surface area contributed by atoms with Gasteiger partial charge >= 0.3 is 0 Å². The highest BCUT2D eigenvalue weighted by Gasteiger charge is 2.45. The van der Waals surface area contributed by atoms with Crippen LogP contribution in [-0.2, 0) is 0 Å². The molecule has 32 heavy (non-hydrogen) atoms. The van der Waals surface area contributed by atoms with Crippen molar-refractivity contribution < 1.29 is 9.59 Å². The van der Waals surface area contributed by atoms with Crippen LogP contribution >= 0.6 is 11.3 Å². The summed E-state index contributed by atoms with van der Waals surface area (Å²) in [5, 5.41) is 9.65. The van der Waals surface area contributed by atoms with Gasteiger partial charge in [-0.2, -0.15) is 5.10 Å². The van der Waals surface area contributed by atoms with Crippen molar-refractivity contribution in [3.63, 3.8) is 0 Å². The Balaban J connectivity index is 1.40. The Kier molecular flexibility index (Phi) is 5.49. The van der Waals surface area contributed by atoms with E-state index in [2.05, 4.69) is 15.8 Å². The summed E-state index contributed by atoms with van der Waals surface area (Å²) in [6, 6.07) is 18.7. The van der Waals surface area contributed by atoms with Crippen LogP contribution in [0.25, 0.3) is 0 Å². The van der Waals surface area contributed by atoms with Gasteiger partial charge in [0.05, 0.1) is 11.8 Å². The first-order valence-electron chi connectivity index (χ1n) is 10.9. The molecule has 5 rings (SSSR count). The summed E-state index contributed by atoms with van der Waals surface area (Å²) in [5.41, 5.74) is 4.98. The summed E-state index contributed by atoms with van der Waals surface area (Å²) in [4.78, 5) is 28.9. The van der Waals surface area contributed by atoms with Crippen molar-refractivity contribution in [3.05, 3.63) is 82.0 Å². The fraction of sp³-hybridized carbons (Fsp3) is 0.240. The zero-order valence-corrected chi connectivity index (χ0v) is 18.4. The number of nitrogens with one attached hydrogen (secondary N) is 2. The Labute approximate surface area is 191 Å².